The zero-order valence-electron chi connectivity index (χ0n) is 10.2. The summed E-state index contributed by atoms with van der Waals surface area (Å²) in [4.78, 5) is 2.49. The van der Waals surface area contributed by atoms with Crippen molar-refractivity contribution in [2.45, 2.75) is 19.4 Å². The Balaban J connectivity index is 2.20. The van der Waals surface area contributed by atoms with Gasteiger partial charge < -0.3 is 10.6 Å². The first kappa shape index (κ1) is 13.2. The zero-order chi connectivity index (χ0) is 12.3. The molecule has 4 heteroatoms. The largest absolute Gasteiger partial charge is 0.366 e. The summed E-state index contributed by atoms with van der Waals surface area (Å²) in [6.45, 7) is 4.15. The van der Waals surface area contributed by atoms with Gasteiger partial charge in [-0.05, 0) is 53.5 Å². The molecule has 94 valence electrons. The summed E-state index contributed by atoms with van der Waals surface area (Å²) in [7, 11) is 0. The second kappa shape index (κ2) is 6.12. The minimum Gasteiger partial charge on any atom is -0.366 e. The fourth-order valence-corrected chi connectivity index (χ4v) is 3.86. The maximum atomic E-state index is 5.59. The molecule has 1 saturated heterocycles. The van der Waals surface area contributed by atoms with Crippen molar-refractivity contribution in [3.8, 4) is 0 Å². The van der Waals surface area contributed by atoms with Crippen LogP contribution in [0.5, 0.6) is 0 Å². The minimum atomic E-state index is 0.616. The highest BCUT2D eigenvalue weighted by molar-refractivity contribution is 9.10. The SMILES string of the molecule is CC1CSCCN1c1ccc(CCN)cc1Br. The van der Waals surface area contributed by atoms with Crippen molar-refractivity contribution in [1.29, 1.82) is 0 Å². The van der Waals surface area contributed by atoms with Gasteiger partial charge in [0.25, 0.3) is 0 Å². The van der Waals surface area contributed by atoms with Crippen LogP contribution in [0.2, 0.25) is 0 Å². The summed E-state index contributed by atoms with van der Waals surface area (Å²) in [5.74, 6) is 2.44. The number of rotatable bonds is 3. The van der Waals surface area contributed by atoms with Crippen molar-refractivity contribution in [3.05, 3.63) is 28.2 Å². The third-order valence-electron chi connectivity index (χ3n) is 3.12. The van der Waals surface area contributed by atoms with Gasteiger partial charge in [0.2, 0.25) is 0 Å². The fraction of sp³-hybridized carbons (Fsp3) is 0.538. The van der Waals surface area contributed by atoms with Gasteiger partial charge in [-0.1, -0.05) is 6.07 Å². The Labute approximate surface area is 116 Å². The van der Waals surface area contributed by atoms with Crippen LogP contribution in [0.4, 0.5) is 5.69 Å². The number of hydrogen-bond donors (Lipinski definition) is 1. The minimum absolute atomic E-state index is 0.616. The second-order valence-electron chi connectivity index (χ2n) is 4.44. The average molecular weight is 315 g/mol. The van der Waals surface area contributed by atoms with Gasteiger partial charge in [0, 0.05) is 28.6 Å². The molecule has 1 aromatic carbocycles. The van der Waals surface area contributed by atoms with E-state index < -0.39 is 0 Å². The highest BCUT2D eigenvalue weighted by atomic mass is 79.9. The van der Waals surface area contributed by atoms with Gasteiger partial charge in [-0.3, -0.25) is 0 Å². The first-order chi connectivity index (χ1) is 8.22. The maximum Gasteiger partial charge on any atom is 0.0513 e. The number of benzene rings is 1. The maximum absolute atomic E-state index is 5.59. The molecule has 1 fully saturated rings. The van der Waals surface area contributed by atoms with Gasteiger partial charge in [-0.25, -0.2) is 0 Å². The number of nitrogens with zero attached hydrogens (tertiary/aromatic N) is 1. The molecule has 1 heterocycles. The topological polar surface area (TPSA) is 29.3 Å². The van der Waals surface area contributed by atoms with E-state index >= 15 is 0 Å². The zero-order valence-corrected chi connectivity index (χ0v) is 12.6. The van der Waals surface area contributed by atoms with Gasteiger partial charge in [-0.15, -0.1) is 0 Å². The molecule has 0 saturated carbocycles. The molecule has 1 atom stereocenters. The van der Waals surface area contributed by atoms with E-state index in [4.69, 9.17) is 5.73 Å². The van der Waals surface area contributed by atoms with Crippen molar-refractivity contribution < 1.29 is 0 Å². The van der Waals surface area contributed by atoms with Crippen LogP contribution in [0.25, 0.3) is 0 Å². The Bertz CT molecular complexity index is 384. The normalized spacial score (nSPS) is 20.6. The van der Waals surface area contributed by atoms with Gasteiger partial charge >= 0.3 is 0 Å². The van der Waals surface area contributed by atoms with Crippen molar-refractivity contribution in [2.24, 2.45) is 5.73 Å². The molecule has 0 aliphatic carbocycles. The van der Waals surface area contributed by atoms with Crippen LogP contribution in [-0.2, 0) is 6.42 Å². The summed E-state index contributed by atoms with van der Waals surface area (Å²) in [6, 6.07) is 7.24. The molecule has 1 aliphatic rings. The van der Waals surface area contributed by atoms with Crippen molar-refractivity contribution in [2.75, 3.05) is 29.5 Å². The molecule has 0 bridgehead atoms. The summed E-state index contributed by atoms with van der Waals surface area (Å²) in [5.41, 5.74) is 8.21. The van der Waals surface area contributed by atoms with Crippen LogP contribution in [-0.4, -0.2) is 30.6 Å². The summed E-state index contributed by atoms with van der Waals surface area (Å²) in [5, 5.41) is 0. The Morgan fingerprint density at radius 3 is 3.00 bits per heavy atom. The van der Waals surface area contributed by atoms with Crippen LogP contribution < -0.4 is 10.6 Å². The van der Waals surface area contributed by atoms with Crippen LogP contribution in [0, 0.1) is 0 Å². The highest BCUT2D eigenvalue weighted by Gasteiger charge is 2.20. The fourth-order valence-electron chi connectivity index (χ4n) is 2.19. The summed E-state index contributed by atoms with van der Waals surface area (Å²) in [6.07, 6.45) is 0.949. The molecule has 0 spiro atoms. The van der Waals surface area contributed by atoms with Crippen LogP contribution >= 0.6 is 27.7 Å². The van der Waals surface area contributed by atoms with E-state index in [1.54, 1.807) is 0 Å². The van der Waals surface area contributed by atoms with E-state index in [-0.39, 0.29) is 0 Å². The predicted octanol–water partition coefficient (Wildman–Crippen LogP) is 2.89. The van der Waals surface area contributed by atoms with Gasteiger partial charge in [0.15, 0.2) is 0 Å². The number of halogens is 1. The van der Waals surface area contributed by atoms with Crippen LogP contribution in [0.15, 0.2) is 22.7 Å². The van der Waals surface area contributed by atoms with Crippen molar-refractivity contribution >= 4 is 33.4 Å². The lowest BCUT2D eigenvalue weighted by Gasteiger charge is -2.35. The first-order valence-electron chi connectivity index (χ1n) is 6.05. The molecule has 0 aromatic heterocycles. The van der Waals surface area contributed by atoms with Crippen molar-refractivity contribution in [3.63, 3.8) is 0 Å². The quantitative estimate of drug-likeness (QED) is 0.930. The van der Waals surface area contributed by atoms with E-state index in [9.17, 15) is 0 Å². The van der Waals surface area contributed by atoms with Crippen molar-refractivity contribution in [1.82, 2.24) is 0 Å². The molecule has 1 unspecified atom stereocenters. The lowest BCUT2D eigenvalue weighted by molar-refractivity contribution is 0.698. The van der Waals surface area contributed by atoms with Crippen LogP contribution in [0.1, 0.15) is 12.5 Å². The number of thioether (sulfide) groups is 1. The van der Waals surface area contributed by atoms with E-state index in [1.807, 2.05) is 11.8 Å². The van der Waals surface area contributed by atoms with E-state index in [1.165, 1.54) is 27.2 Å². The lowest BCUT2D eigenvalue weighted by atomic mass is 10.1. The molecule has 0 radical (unpaired) electrons. The Morgan fingerprint density at radius 2 is 2.35 bits per heavy atom. The van der Waals surface area contributed by atoms with Gasteiger partial charge in [0.1, 0.15) is 0 Å². The van der Waals surface area contributed by atoms with E-state index in [0.29, 0.717) is 12.6 Å². The third-order valence-corrected chi connectivity index (χ3v) is 4.95. The molecular weight excluding hydrogens is 296 g/mol. The highest BCUT2D eigenvalue weighted by Crippen LogP contribution is 2.31. The lowest BCUT2D eigenvalue weighted by Crippen LogP contribution is -2.40. The predicted molar refractivity (Wildman–Crippen MR) is 81.0 cm³/mol. The molecule has 1 aromatic rings. The molecule has 2 nitrogen and oxygen atoms in total. The number of anilines is 1. The number of hydrogen-bond acceptors (Lipinski definition) is 3. The first-order valence-corrected chi connectivity index (χ1v) is 8.00. The average Bonchev–Trinajstić information content (AvgIpc) is 2.31. The Kier molecular flexibility index (Phi) is 4.77. The molecule has 0 amide bonds. The summed E-state index contributed by atoms with van der Waals surface area (Å²) >= 11 is 5.74. The molecule has 2 N–H and O–H groups in total. The van der Waals surface area contributed by atoms with Gasteiger partial charge in [-0.2, -0.15) is 11.8 Å². The molecular formula is C13H19BrN2S. The van der Waals surface area contributed by atoms with Crippen LogP contribution in [0.3, 0.4) is 0 Å². The molecule has 2 rings (SSSR count). The van der Waals surface area contributed by atoms with E-state index in [2.05, 4.69) is 46.0 Å². The summed E-state index contributed by atoms with van der Waals surface area (Å²) < 4.78 is 1.20. The second-order valence-corrected chi connectivity index (χ2v) is 6.45. The smallest absolute Gasteiger partial charge is 0.0513 e. The Hall–Kier alpha value is -0.190. The van der Waals surface area contributed by atoms with Gasteiger partial charge in [0.05, 0.1) is 5.69 Å². The van der Waals surface area contributed by atoms with E-state index in [0.717, 1.165) is 13.0 Å². The Morgan fingerprint density at radius 1 is 1.53 bits per heavy atom. The third kappa shape index (κ3) is 3.18. The monoisotopic (exact) mass is 314 g/mol. The number of nitrogens with two attached hydrogens (primary N) is 1. The standard InChI is InChI=1S/C13H19BrN2S/c1-10-9-17-7-6-16(10)13-3-2-11(4-5-15)8-12(13)14/h2-3,8,10H,4-7,9,15H2,1H3. The molecule has 17 heavy (non-hydrogen) atoms. The molecule has 1 aliphatic heterocycles.